The van der Waals surface area contributed by atoms with Crippen LogP contribution in [0.2, 0.25) is 0 Å². The van der Waals surface area contributed by atoms with Gasteiger partial charge in [-0.1, -0.05) is 13.8 Å². The molecular weight excluding hydrogens is 296 g/mol. The van der Waals surface area contributed by atoms with Crippen molar-refractivity contribution in [1.29, 1.82) is 0 Å². The minimum absolute atomic E-state index is 0.293. The van der Waals surface area contributed by atoms with E-state index in [1.807, 2.05) is 13.8 Å². The fraction of sp³-hybridized carbons (Fsp3) is 0.471. The van der Waals surface area contributed by atoms with E-state index in [0.717, 1.165) is 37.0 Å². The summed E-state index contributed by atoms with van der Waals surface area (Å²) in [5.41, 5.74) is 1.29. The van der Waals surface area contributed by atoms with E-state index in [-0.39, 0.29) is 0 Å². The number of nitro groups is 1. The van der Waals surface area contributed by atoms with E-state index >= 15 is 0 Å². The maximum Gasteiger partial charge on any atom is 0.266 e. The number of hydrogen-bond donors (Lipinski definition) is 0. The average molecular weight is 315 g/mol. The molecule has 2 aromatic rings. The summed E-state index contributed by atoms with van der Waals surface area (Å²) < 4.78 is 5.80. The van der Waals surface area contributed by atoms with Crippen LogP contribution in [0.25, 0.3) is 11.0 Å². The van der Waals surface area contributed by atoms with Crippen LogP contribution < -0.4 is 5.11 Å². The summed E-state index contributed by atoms with van der Waals surface area (Å²) in [4.78, 5) is 14.8. The van der Waals surface area contributed by atoms with Crippen LogP contribution in [0, 0.1) is 16.0 Å². The molecule has 0 N–H and O–H groups in total. The normalized spacial score (nSPS) is 14.7. The summed E-state index contributed by atoms with van der Waals surface area (Å²) in [7, 11) is 0. The van der Waals surface area contributed by atoms with Crippen molar-refractivity contribution in [2.45, 2.75) is 39.5 Å². The molecule has 1 aliphatic carbocycles. The van der Waals surface area contributed by atoms with E-state index in [4.69, 9.17) is 4.42 Å². The van der Waals surface area contributed by atoms with Gasteiger partial charge in [0.15, 0.2) is 0 Å². The molecule has 0 bridgehead atoms. The number of rotatable bonds is 4. The molecule has 122 valence electrons. The molecule has 23 heavy (non-hydrogen) atoms. The first-order valence-electron chi connectivity index (χ1n) is 7.91. The Bertz CT molecular complexity index is 790. The molecule has 0 atom stereocenters. The second-order valence-electron chi connectivity index (χ2n) is 6.37. The highest BCUT2D eigenvalue weighted by atomic mass is 16.6. The van der Waals surface area contributed by atoms with Crippen LogP contribution in [0.1, 0.15) is 43.6 Å². The van der Waals surface area contributed by atoms with Crippen LogP contribution in [-0.4, -0.2) is 17.7 Å². The monoisotopic (exact) mass is 315 g/mol. The number of aryl methyl sites for hydroxylation is 2. The summed E-state index contributed by atoms with van der Waals surface area (Å²) in [6, 6.07) is 1.26. The zero-order valence-corrected chi connectivity index (χ0v) is 13.3. The summed E-state index contributed by atoms with van der Waals surface area (Å²) in [5.74, 6) is 0.627. The van der Waals surface area contributed by atoms with Gasteiger partial charge in [-0.15, -0.1) is 0 Å². The summed E-state index contributed by atoms with van der Waals surface area (Å²) in [6.07, 6.45) is 5.21. The third-order valence-corrected chi connectivity index (χ3v) is 4.10. The van der Waals surface area contributed by atoms with Crippen molar-refractivity contribution in [3.8, 4) is 5.75 Å². The molecular formula is C17H19N2O4-. The van der Waals surface area contributed by atoms with Crippen LogP contribution in [0.4, 0.5) is 5.69 Å². The molecule has 6 heteroatoms. The second-order valence-corrected chi connectivity index (χ2v) is 6.37. The van der Waals surface area contributed by atoms with E-state index in [1.54, 1.807) is 0 Å². The lowest BCUT2D eigenvalue weighted by Crippen LogP contribution is -2.05. The number of nitrogens with zero attached hydrogens (tertiary/aromatic N) is 2. The molecule has 1 aromatic carbocycles. The second kappa shape index (κ2) is 6.02. The van der Waals surface area contributed by atoms with E-state index in [1.165, 1.54) is 12.3 Å². The number of benzene rings is 1. The molecule has 0 aliphatic heterocycles. The Hall–Kier alpha value is -2.37. The Morgan fingerprint density at radius 2 is 2.13 bits per heavy atom. The predicted molar refractivity (Wildman–Crippen MR) is 86.3 cm³/mol. The van der Waals surface area contributed by atoms with Crippen LogP contribution in [0.15, 0.2) is 15.5 Å². The molecule has 0 radical (unpaired) electrons. The van der Waals surface area contributed by atoms with Gasteiger partial charge in [-0.3, -0.25) is 15.1 Å². The summed E-state index contributed by atoms with van der Waals surface area (Å²) >= 11 is 0. The molecule has 1 aliphatic rings. The van der Waals surface area contributed by atoms with Gasteiger partial charge in [0.1, 0.15) is 11.3 Å². The van der Waals surface area contributed by atoms with Crippen molar-refractivity contribution in [2.75, 3.05) is 6.54 Å². The standard InChI is InChI=1S/C17H20N2O4/c1-10(2)8-18-9-12-16-11-5-3-4-6-14(11)23-15(16)7-13(17(12)20)19(21)22/h7,9-10,20H,3-6,8H2,1-2H3/p-1. The number of aliphatic imine (C=N–C) groups is 1. The first-order chi connectivity index (χ1) is 11.0. The van der Waals surface area contributed by atoms with Crippen molar-refractivity contribution in [2.24, 2.45) is 10.9 Å². The molecule has 1 aromatic heterocycles. The Kier molecular flexibility index (Phi) is 4.07. The molecule has 1 heterocycles. The van der Waals surface area contributed by atoms with Crippen molar-refractivity contribution >= 4 is 22.9 Å². The fourth-order valence-electron chi connectivity index (χ4n) is 3.04. The topological polar surface area (TPSA) is 91.7 Å². The number of nitro benzene ring substituents is 1. The van der Waals surface area contributed by atoms with Gasteiger partial charge in [-0.05, 0) is 30.9 Å². The Morgan fingerprint density at radius 1 is 1.39 bits per heavy atom. The van der Waals surface area contributed by atoms with Gasteiger partial charge >= 0.3 is 0 Å². The van der Waals surface area contributed by atoms with Gasteiger partial charge < -0.3 is 9.52 Å². The lowest BCUT2D eigenvalue weighted by Gasteiger charge is -2.14. The van der Waals surface area contributed by atoms with Crippen LogP contribution in [0.3, 0.4) is 0 Å². The minimum atomic E-state index is -0.650. The summed E-state index contributed by atoms with van der Waals surface area (Å²) in [5, 5.41) is 24.4. The summed E-state index contributed by atoms with van der Waals surface area (Å²) in [6.45, 7) is 4.63. The zero-order chi connectivity index (χ0) is 16.6. The molecule has 6 nitrogen and oxygen atoms in total. The van der Waals surface area contributed by atoms with Gasteiger partial charge in [-0.2, -0.15) is 0 Å². The van der Waals surface area contributed by atoms with Gasteiger partial charge in [0.2, 0.25) is 0 Å². The lowest BCUT2D eigenvalue weighted by atomic mass is 9.93. The third kappa shape index (κ3) is 2.81. The number of hydrogen-bond acceptors (Lipinski definition) is 5. The van der Waals surface area contributed by atoms with Crippen molar-refractivity contribution in [3.63, 3.8) is 0 Å². The largest absolute Gasteiger partial charge is 0.867 e. The smallest absolute Gasteiger partial charge is 0.266 e. The fourth-order valence-corrected chi connectivity index (χ4v) is 3.04. The molecule has 0 amide bonds. The van der Waals surface area contributed by atoms with Crippen molar-refractivity contribution < 1.29 is 14.4 Å². The van der Waals surface area contributed by atoms with Gasteiger partial charge in [0.05, 0.1) is 11.0 Å². The number of fused-ring (bicyclic) bond motifs is 3. The zero-order valence-electron chi connectivity index (χ0n) is 13.3. The molecule has 0 spiro atoms. The highest BCUT2D eigenvalue weighted by Gasteiger charge is 2.23. The quantitative estimate of drug-likeness (QED) is 0.491. The number of furan rings is 1. The Morgan fingerprint density at radius 3 is 2.83 bits per heavy atom. The average Bonchev–Trinajstić information content (AvgIpc) is 2.86. The maximum absolute atomic E-state index is 12.5. The van der Waals surface area contributed by atoms with Gasteiger partial charge in [0.25, 0.3) is 5.69 Å². The minimum Gasteiger partial charge on any atom is -0.867 e. The van der Waals surface area contributed by atoms with E-state index in [9.17, 15) is 15.2 Å². The van der Waals surface area contributed by atoms with Gasteiger partial charge in [-0.25, -0.2) is 0 Å². The van der Waals surface area contributed by atoms with E-state index in [2.05, 4.69) is 4.99 Å². The molecule has 0 saturated carbocycles. The highest BCUT2D eigenvalue weighted by Crippen LogP contribution is 2.40. The highest BCUT2D eigenvalue weighted by molar-refractivity contribution is 6.04. The van der Waals surface area contributed by atoms with Crippen LogP contribution in [0.5, 0.6) is 5.75 Å². The SMILES string of the molecule is CC(C)CN=Cc1c([O-])c([N+](=O)[O-])cc2oc3c(c12)CCCC3. The Labute approximate surface area is 134 Å². The first kappa shape index (κ1) is 15.5. The lowest BCUT2D eigenvalue weighted by molar-refractivity contribution is -0.398. The van der Waals surface area contributed by atoms with Crippen LogP contribution >= 0.6 is 0 Å². The Balaban J connectivity index is 2.23. The van der Waals surface area contributed by atoms with E-state index < -0.39 is 16.4 Å². The molecule has 0 saturated heterocycles. The van der Waals surface area contributed by atoms with Crippen molar-refractivity contribution in [1.82, 2.24) is 0 Å². The van der Waals surface area contributed by atoms with Gasteiger partial charge in [0, 0.05) is 35.7 Å². The predicted octanol–water partition coefficient (Wildman–Crippen LogP) is 3.37. The molecule has 3 rings (SSSR count). The first-order valence-corrected chi connectivity index (χ1v) is 7.91. The van der Waals surface area contributed by atoms with Crippen molar-refractivity contribution in [3.05, 3.63) is 33.1 Å². The van der Waals surface area contributed by atoms with E-state index in [0.29, 0.717) is 29.0 Å². The maximum atomic E-state index is 12.5. The molecule has 0 fully saturated rings. The van der Waals surface area contributed by atoms with Crippen LogP contribution in [-0.2, 0) is 12.8 Å². The third-order valence-electron chi connectivity index (χ3n) is 4.10. The molecule has 0 unspecified atom stereocenters.